The molecule has 0 aliphatic heterocycles. The van der Waals surface area contributed by atoms with E-state index < -0.39 is 5.41 Å². The molecule has 1 aliphatic rings. The van der Waals surface area contributed by atoms with Crippen LogP contribution in [0.4, 0.5) is 0 Å². The Balaban J connectivity index is 2.66. The largest absolute Gasteiger partial charge is 0.392 e. The minimum absolute atomic E-state index is 0.0515. The summed E-state index contributed by atoms with van der Waals surface area (Å²) < 4.78 is 0. The zero-order valence-corrected chi connectivity index (χ0v) is 13.2. The standard InChI is InChI=1S/C15H28N2OS/c1-3-9-15(10-4-2,13(16)19)14(18)17-11-12-7-5-6-8-12/h12H,3-11H2,1-2H3,(H2,16,19)(H,17,18). The maximum atomic E-state index is 12.6. The van der Waals surface area contributed by atoms with Crippen molar-refractivity contribution in [1.82, 2.24) is 5.32 Å². The average Bonchev–Trinajstić information content (AvgIpc) is 2.88. The number of rotatable bonds is 8. The van der Waals surface area contributed by atoms with E-state index in [0.717, 1.165) is 32.2 Å². The van der Waals surface area contributed by atoms with Crippen LogP contribution >= 0.6 is 12.2 Å². The molecule has 0 spiro atoms. The van der Waals surface area contributed by atoms with E-state index in [1.165, 1.54) is 25.7 Å². The molecule has 0 bridgehead atoms. The van der Waals surface area contributed by atoms with Gasteiger partial charge in [-0.3, -0.25) is 4.79 Å². The van der Waals surface area contributed by atoms with Gasteiger partial charge in [0.1, 0.15) is 0 Å². The van der Waals surface area contributed by atoms with Gasteiger partial charge in [0, 0.05) is 6.54 Å². The van der Waals surface area contributed by atoms with Gasteiger partial charge in [0.2, 0.25) is 5.91 Å². The van der Waals surface area contributed by atoms with Crippen molar-refractivity contribution in [2.75, 3.05) is 6.54 Å². The second-order valence-electron chi connectivity index (χ2n) is 5.81. The van der Waals surface area contributed by atoms with Crippen molar-refractivity contribution in [2.45, 2.75) is 65.2 Å². The van der Waals surface area contributed by atoms with E-state index in [1.807, 2.05) is 0 Å². The van der Waals surface area contributed by atoms with Gasteiger partial charge < -0.3 is 11.1 Å². The van der Waals surface area contributed by atoms with Gasteiger partial charge in [-0.1, -0.05) is 51.7 Å². The van der Waals surface area contributed by atoms with Gasteiger partial charge in [-0.2, -0.15) is 0 Å². The molecule has 19 heavy (non-hydrogen) atoms. The van der Waals surface area contributed by atoms with E-state index in [4.69, 9.17) is 18.0 Å². The maximum absolute atomic E-state index is 12.6. The zero-order valence-electron chi connectivity index (χ0n) is 12.3. The molecule has 110 valence electrons. The summed E-state index contributed by atoms with van der Waals surface area (Å²) in [4.78, 5) is 12.9. The second-order valence-corrected chi connectivity index (χ2v) is 6.25. The van der Waals surface area contributed by atoms with Crippen molar-refractivity contribution in [3.05, 3.63) is 0 Å². The van der Waals surface area contributed by atoms with Gasteiger partial charge in [0.15, 0.2) is 0 Å². The second kappa shape index (κ2) is 7.83. The summed E-state index contributed by atoms with van der Waals surface area (Å²) >= 11 is 5.20. The van der Waals surface area contributed by atoms with Crippen LogP contribution in [0.15, 0.2) is 0 Å². The maximum Gasteiger partial charge on any atom is 0.233 e. The molecular weight excluding hydrogens is 256 g/mol. The fraction of sp³-hybridized carbons (Fsp3) is 0.867. The molecule has 1 aliphatic carbocycles. The van der Waals surface area contributed by atoms with Crippen LogP contribution < -0.4 is 11.1 Å². The SMILES string of the molecule is CCCC(CCC)(C(=O)NCC1CCCC1)C(N)=S. The molecule has 1 rings (SSSR count). The molecule has 3 N–H and O–H groups in total. The molecule has 0 unspecified atom stereocenters. The van der Waals surface area contributed by atoms with Crippen LogP contribution in [-0.4, -0.2) is 17.4 Å². The highest BCUT2D eigenvalue weighted by molar-refractivity contribution is 7.80. The van der Waals surface area contributed by atoms with Crippen LogP contribution in [-0.2, 0) is 4.79 Å². The number of carbonyl (C=O) groups excluding carboxylic acids is 1. The van der Waals surface area contributed by atoms with E-state index in [9.17, 15) is 4.79 Å². The predicted octanol–water partition coefficient (Wildman–Crippen LogP) is 3.17. The lowest BCUT2D eigenvalue weighted by Crippen LogP contribution is -2.49. The van der Waals surface area contributed by atoms with Crippen molar-refractivity contribution in [1.29, 1.82) is 0 Å². The minimum Gasteiger partial charge on any atom is -0.392 e. The first-order chi connectivity index (χ1) is 9.06. The third-order valence-electron chi connectivity index (χ3n) is 4.29. The van der Waals surface area contributed by atoms with Gasteiger partial charge >= 0.3 is 0 Å². The summed E-state index contributed by atoms with van der Waals surface area (Å²) in [6.45, 7) is 4.94. The summed E-state index contributed by atoms with van der Waals surface area (Å²) in [5, 5.41) is 3.11. The number of carbonyl (C=O) groups is 1. The Morgan fingerprint density at radius 3 is 2.21 bits per heavy atom. The number of nitrogens with one attached hydrogen (secondary N) is 1. The van der Waals surface area contributed by atoms with Crippen molar-refractivity contribution in [2.24, 2.45) is 17.1 Å². The first-order valence-electron chi connectivity index (χ1n) is 7.65. The first kappa shape index (κ1) is 16.4. The number of thiocarbonyl (C=S) groups is 1. The number of hydrogen-bond donors (Lipinski definition) is 2. The molecule has 0 atom stereocenters. The molecule has 0 saturated heterocycles. The minimum atomic E-state index is -0.628. The highest BCUT2D eigenvalue weighted by atomic mass is 32.1. The quantitative estimate of drug-likeness (QED) is 0.673. The van der Waals surface area contributed by atoms with Crippen molar-refractivity contribution in [3.8, 4) is 0 Å². The third-order valence-corrected chi connectivity index (χ3v) is 4.68. The summed E-state index contributed by atoms with van der Waals surface area (Å²) in [6.07, 6.45) is 8.43. The summed E-state index contributed by atoms with van der Waals surface area (Å²) in [5.74, 6) is 0.701. The van der Waals surface area contributed by atoms with Crippen LogP contribution in [0.5, 0.6) is 0 Å². The van der Waals surface area contributed by atoms with Crippen LogP contribution in [0.2, 0.25) is 0 Å². The Bertz CT molecular complexity index is 305. The molecule has 0 aromatic carbocycles. The van der Waals surface area contributed by atoms with Crippen LogP contribution in [0.1, 0.15) is 65.2 Å². The van der Waals surface area contributed by atoms with Crippen molar-refractivity contribution >= 4 is 23.1 Å². The molecule has 1 amide bonds. The van der Waals surface area contributed by atoms with Crippen molar-refractivity contribution < 1.29 is 4.79 Å². The first-order valence-corrected chi connectivity index (χ1v) is 8.05. The Morgan fingerprint density at radius 2 is 1.79 bits per heavy atom. The molecular formula is C15H28N2OS. The molecule has 3 nitrogen and oxygen atoms in total. The lowest BCUT2D eigenvalue weighted by atomic mass is 9.78. The highest BCUT2D eigenvalue weighted by Gasteiger charge is 2.39. The highest BCUT2D eigenvalue weighted by Crippen LogP contribution is 2.31. The molecule has 4 heteroatoms. The van der Waals surface area contributed by atoms with E-state index in [0.29, 0.717) is 10.9 Å². The van der Waals surface area contributed by atoms with Gasteiger partial charge in [0.25, 0.3) is 0 Å². The smallest absolute Gasteiger partial charge is 0.233 e. The Kier molecular flexibility index (Phi) is 6.76. The van der Waals surface area contributed by atoms with Gasteiger partial charge in [-0.05, 0) is 31.6 Å². The fourth-order valence-electron chi connectivity index (χ4n) is 3.18. The molecule has 0 aromatic heterocycles. The van der Waals surface area contributed by atoms with Gasteiger partial charge in [-0.25, -0.2) is 0 Å². The lowest BCUT2D eigenvalue weighted by molar-refractivity contribution is -0.128. The number of nitrogens with two attached hydrogens (primary N) is 1. The van der Waals surface area contributed by atoms with Gasteiger partial charge in [0.05, 0.1) is 10.4 Å². The molecule has 1 fully saturated rings. The number of amides is 1. The lowest BCUT2D eigenvalue weighted by Gasteiger charge is -2.31. The topological polar surface area (TPSA) is 55.1 Å². The Hall–Kier alpha value is -0.640. The monoisotopic (exact) mass is 284 g/mol. The Morgan fingerprint density at radius 1 is 1.26 bits per heavy atom. The normalized spacial score (nSPS) is 16.5. The molecule has 0 aromatic rings. The van der Waals surface area contributed by atoms with Gasteiger partial charge in [-0.15, -0.1) is 0 Å². The summed E-state index contributed by atoms with van der Waals surface area (Å²) in [5.41, 5.74) is 5.27. The molecule has 1 saturated carbocycles. The summed E-state index contributed by atoms with van der Waals surface area (Å²) in [7, 11) is 0. The van der Waals surface area contributed by atoms with E-state index in [-0.39, 0.29) is 5.91 Å². The zero-order chi connectivity index (χ0) is 14.3. The van der Waals surface area contributed by atoms with E-state index in [1.54, 1.807) is 0 Å². The predicted molar refractivity (Wildman–Crippen MR) is 84.0 cm³/mol. The van der Waals surface area contributed by atoms with E-state index in [2.05, 4.69) is 19.2 Å². The Labute approximate surface area is 122 Å². The number of hydrogen-bond acceptors (Lipinski definition) is 2. The third kappa shape index (κ3) is 4.16. The average molecular weight is 284 g/mol. The summed E-state index contributed by atoms with van der Waals surface area (Å²) in [6, 6.07) is 0. The van der Waals surface area contributed by atoms with Crippen LogP contribution in [0.3, 0.4) is 0 Å². The van der Waals surface area contributed by atoms with Crippen molar-refractivity contribution in [3.63, 3.8) is 0 Å². The van der Waals surface area contributed by atoms with E-state index >= 15 is 0 Å². The van der Waals surface area contributed by atoms with Crippen LogP contribution in [0, 0.1) is 11.3 Å². The molecule has 0 heterocycles. The fourth-order valence-corrected chi connectivity index (χ4v) is 3.48. The van der Waals surface area contributed by atoms with Crippen LogP contribution in [0.25, 0.3) is 0 Å². The molecule has 0 radical (unpaired) electrons.